The molecule has 0 aromatic carbocycles. The topological polar surface area (TPSA) is 72.2 Å². The lowest BCUT2D eigenvalue weighted by molar-refractivity contribution is 0.379. The Morgan fingerprint density at radius 2 is 2.00 bits per heavy atom. The molecule has 0 spiro atoms. The van der Waals surface area contributed by atoms with Gasteiger partial charge in [0, 0.05) is 12.3 Å². The van der Waals surface area contributed by atoms with Crippen LogP contribution in [-0.4, -0.2) is 25.5 Å². The molecule has 5 heteroatoms. The van der Waals surface area contributed by atoms with Gasteiger partial charge in [0.25, 0.3) is 0 Å². The van der Waals surface area contributed by atoms with Crippen molar-refractivity contribution in [2.24, 2.45) is 11.8 Å². The third-order valence-corrected chi connectivity index (χ3v) is 5.46. The summed E-state index contributed by atoms with van der Waals surface area (Å²) in [5.41, 5.74) is 2.64. The number of rotatable bonds is 5. The van der Waals surface area contributed by atoms with Gasteiger partial charge in [-0.3, -0.25) is 11.3 Å². The Kier molecular flexibility index (Phi) is 3.23. The fourth-order valence-electron chi connectivity index (χ4n) is 1.50. The Hall–Kier alpha value is -0.130. The quantitative estimate of drug-likeness (QED) is 0.521. The molecule has 84 valence electrons. The van der Waals surface area contributed by atoms with Gasteiger partial charge in [-0.1, -0.05) is 12.8 Å². The first kappa shape index (κ1) is 11.9. The van der Waals surface area contributed by atoms with Crippen LogP contribution in [0.4, 0.5) is 0 Å². The Morgan fingerprint density at radius 3 is 2.29 bits per heavy atom. The molecule has 0 aliphatic heterocycles. The van der Waals surface area contributed by atoms with Crippen LogP contribution in [0.15, 0.2) is 0 Å². The second-order valence-electron chi connectivity index (χ2n) is 4.77. The predicted octanol–water partition coefficient (Wildman–Crippen LogP) is 0.442. The smallest absolute Gasteiger partial charge is 0.154 e. The average molecular weight is 220 g/mol. The van der Waals surface area contributed by atoms with Crippen LogP contribution in [0.2, 0.25) is 0 Å². The molecule has 0 saturated heterocycles. The second kappa shape index (κ2) is 3.79. The van der Waals surface area contributed by atoms with Gasteiger partial charge in [0.2, 0.25) is 0 Å². The molecule has 0 aromatic rings. The fourth-order valence-corrected chi connectivity index (χ4v) is 2.18. The lowest BCUT2D eigenvalue weighted by Gasteiger charge is -2.32. The summed E-state index contributed by atoms with van der Waals surface area (Å²) in [6.07, 6.45) is 4.54. The molecule has 1 atom stereocenters. The first-order valence-electron chi connectivity index (χ1n) is 4.94. The molecule has 1 aliphatic rings. The minimum atomic E-state index is -3.07. The van der Waals surface area contributed by atoms with Crippen molar-refractivity contribution in [2.75, 3.05) is 6.26 Å². The largest absolute Gasteiger partial charge is 0.271 e. The molecule has 0 amide bonds. The first-order chi connectivity index (χ1) is 6.29. The van der Waals surface area contributed by atoms with Crippen LogP contribution in [0.25, 0.3) is 0 Å². The van der Waals surface area contributed by atoms with Gasteiger partial charge >= 0.3 is 0 Å². The maximum Gasteiger partial charge on any atom is 0.154 e. The average Bonchev–Trinajstić information content (AvgIpc) is 2.80. The van der Waals surface area contributed by atoms with Crippen molar-refractivity contribution in [3.8, 4) is 0 Å². The van der Waals surface area contributed by atoms with Crippen molar-refractivity contribution in [3.63, 3.8) is 0 Å². The van der Waals surface area contributed by atoms with Crippen molar-refractivity contribution < 1.29 is 8.42 Å². The number of nitrogens with one attached hydrogen (secondary N) is 1. The second-order valence-corrected chi connectivity index (χ2v) is 7.37. The van der Waals surface area contributed by atoms with E-state index in [4.69, 9.17) is 5.84 Å². The van der Waals surface area contributed by atoms with Crippen molar-refractivity contribution in [1.29, 1.82) is 0 Å². The van der Waals surface area contributed by atoms with Gasteiger partial charge in [0.05, 0.1) is 4.75 Å². The van der Waals surface area contributed by atoms with E-state index < -0.39 is 14.6 Å². The maximum atomic E-state index is 11.6. The minimum Gasteiger partial charge on any atom is -0.271 e. The molecule has 3 N–H and O–H groups in total. The highest BCUT2D eigenvalue weighted by molar-refractivity contribution is 7.92. The Bertz CT molecular complexity index is 294. The molecule has 4 nitrogen and oxygen atoms in total. The zero-order valence-corrected chi connectivity index (χ0v) is 9.89. The van der Waals surface area contributed by atoms with Gasteiger partial charge in [0.15, 0.2) is 9.84 Å². The van der Waals surface area contributed by atoms with Gasteiger partial charge in [-0.05, 0) is 26.2 Å². The molecule has 1 fully saturated rings. The summed E-state index contributed by atoms with van der Waals surface area (Å²) < 4.78 is 22.3. The predicted molar refractivity (Wildman–Crippen MR) is 57.4 cm³/mol. The third kappa shape index (κ3) is 2.46. The SMILES string of the molecule is CC(C)(C(CC1CC1)NN)S(C)(=O)=O. The molecule has 1 saturated carbocycles. The number of hydrogen-bond acceptors (Lipinski definition) is 4. The van der Waals surface area contributed by atoms with Gasteiger partial charge in [-0.25, -0.2) is 8.42 Å². The van der Waals surface area contributed by atoms with Crippen molar-refractivity contribution in [3.05, 3.63) is 0 Å². The molecule has 1 rings (SSSR count). The van der Waals surface area contributed by atoms with Gasteiger partial charge < -0.3 is 0 Å². The number of hydrazine groups is 1. The molecule has 0 radical (unpaired) electrons. The summed E-state index contributed by atoms with van der Waals surface area (Å²) in [6.45, 7) is 3.46. The van der Waals surface area contributed by atoms with Gasteiger partial charge in [0.1, 0.15) is 0 Å². The lowest BCUT2D eigenvalue weighted by atomic mass is 9.98. The molecule has 0 bridgehead atoms. The summed E-state index contributed by atoms with van der Waals surface area (Å²) in [4.78, 5) is 0. The normalized spacial score (nSPS) is 20.9. The monoisotopic (exact) mass is 220 g/mol. The standard InChI is InChI=1S/C9H20N2O2S/c1-9(2,14(3,12)13)8(11-10)6-7-4-5-7/h7-8,11H,4-6,10H2,1-3H3. The van der Waals surface area contributed by atoms with Crippen LogP contribution >= 0.6 is 0 Å². The number of nitrogens with two attached hydrogens (primary N) is 1. The Morgan fingerprint density at radius 1 is 1.50 bits per heavy atom. The van der Waals surface area contributed by atoms with E-state index in [-0.39, 0.29) is 6.04 Å². The van der Waals surface area contributed by atoms with Crippen LogP contribution in [0.5, 0.6) is 0 Å². The van der Waals surface area contributed by atoms with Crippen molar-refractivity contribution in [2.45, 2.75) is 43.9 Å². The summed E-state index contributed by atoms with van der Waals surface area (Å²) >= 11 is 0. The summed E-state index contributed by atoms with van der Waals surface area (Å²) in [6, 6.07) is -0.148. The fraction of sp³-hybridized carbons (Fsp3) is 1.00. The molecule has 14 heavy (non-hydrogen) atoms. The van der Waals surface area contributed by atoms with Crippen LogP contribution in [0, 0.1) is 5.92 Å². The van der Waals surface area contributed by atoms with E-state index in [0.717, 1.165) is 6.42 Å². The van der Waals surface area contributed by atoms with Crippen molar-refractivity contribution in [1.82, 2.24) is 5.43 Å². The van der Waals surface area contributed by atoms with E-state index in [1.807, 2.05) is 0 Å². The van der Waals surface area contributed by atoms with E-state index >= 15 is 0 Å². The van der Waals surface area contributed by atoms with Crippen LogP contribution in [0.1, 0.15) is 33.1 Å². The number of sulfone groups is 1. The molecule has 1 unspecified atom stereocenters. The maximum absolute atomic E-state index is 11.6. The zero-order chi connectivity index (χ0) is 11.0. The van der Waals surface area contributed by atoms with Gasteiger partial charge in [-0.15, -0.1) is 0 Å². The Labute approximate surface area is 86.1 Å². The third-order valence-electron chi connectivity index (χ3n) is 3.26. The van der Waals surface area contributed by atoms with E-state index in [0.29, 0.717) is 5.92 Å². The van der Waals surface area contributed by atoms with E-state index in [2.05, 4.69) is 5.43 Å². The molecular formula is C9H20N2O2S. The van der Waals surface area contributed by atoms with Crippen LogP contribution in [-0.2, 0) is 9.84 Å². The van der Waals surface area contributed by atoms with Crippen LogP contribution in [0.3, 0.4) is 0 Å². The van der Waals surface area contributed by atoms with E-state index in [1.54, 1.807) is 13.8 Å². The highest BCUT2D eigenvalue weighted by Crippen LogP contribution is 2.36. The summed E-state index contributed by atoms with van der Waals surface area (Å²) in [7, 11) is -3.07. The highest BCUT2D eigenvalue weighted by atomic mass is 32.2. The lowest BCUT2D eigenvalue weighted by Crippen LogP contribution is -2.54. The Balaban J connectivity index is 2.75. The zero-order valence-electron chi connectivity index (χ0n) is 9.08. The minimum absolute atomic E-state index is 0.148. The molecular weight excluding hydrogens is 200 g/mol. The van der Waals surface area contributed by atoms with Crippen LogP contribution < -0.4 is 11.3 Å². The molecule has 0 heterocycles. The van der Waals surface area contributed by atoms with E-state index in [1.165, 1.54) is 19.1 Å². The number of hydrogen-bond donors (Lipinski definition) is 2. The summed E-state index contributed by atoms with van der Waals surface area (Å²) in [5, 5.41) is 0. The molecule has 0 aromatic heterocycles. The highest BCUT2D eigenvalue weighted by Gasteiger charge is 2.41. The van der Waals surface area contributed by atoms with E-state index in [9.17, 15) is 8.42 Å². The molecule has 1 aliphatic carbocycles. The summed E-state index contributed by atoms with van der Waals surface area (Å²) in [5.74, 6) is 6.08. The van der Waals surface area contributed by atoms with Gasteiger partial charge in [-0.2, -0.15) is 0 Å². The first-order valence-corrected chi connectivity index (χ1v) is 6.84. The van der Waals surface area contributed by atoms with Crippen molar-refractivity contribution >= 4 is 9.84 Å².